The van der Waals surface area contributed by atoms with Crippen LogP contribution in [0.2, 0.25) is 5.02 Å². The quantitative estimate of drug-likeness (QED) is 0.259. The van der Waals surface area contributed by atoms with Gasteiger partial charge in [-0.05, 0) is 30.9 Å². The number of amides is 1. The number of benzene rings is 1. The number of guanidine groups is 1. The summed E-state index contributed by atoms with van der Waals surface area (Å²) in [6.45, 7) is 1.32. The van der Waals surface area contributed by atoms with E-state index in [0.29, 0.717) is 31.5 Å². The molecule has 1 aliphatic carbocycles. The molecule has 7 heteroatoms. The molecule has 1 aliphatic rings. The van der Waals surface area contributed by atoms with Gasteiger partial charge in [-0.15, -0.1) is 24.0 Å². The molecule has 0 aromatic heterocycles. The highest BCUT2D eigenvalue weighted by Gasteiger charge is 2.22. The molecule has 0 saturated heterocycles. The zero-order valence-corrected chi connectivity index (χ0v) is 16.4. The van der Waals surface area contributed by atoms with Gasteiger partial charge in [0.05, 0.1) is 0 Å². The normalized spacial score (nSPS) is 13.9. The van der Waals surface area contributed by atoms with E-state index in [2.05, 4.69) is 20.9 Å². The summed E-state index contributed by atoms with van der Waals surface area (Å²) in [5.74, 6) is 0.853. The van der Waals surface area contributed by atoms with Crippen LogP contribution in [0.5, 0.6) is 0 Å². The minimum absolute atomic E-state index is 0. The molecule has 0 atom stereocenters. The van der Waals surface area contributed by atoms with E-state index in [1.807, 2.05) is 24.3 Å². The first kappa shape index (κ1) is 20.0. The van der Waals surface area contributed by atoms with Crippen molar-refractivity contribution in [3.05, 3.63) is 34.9 Å². The molecule has 0 radical (unpaired) electrons. The van der Waals surface area contributed by atoms with Gasteiger partial charge in [-0.2, -0.15) is 0 Å². The van der Waals surface area contributed by atoms with Crippen LogP contribution in [0.25, 0.3) is 0 Å². The molecule has 1 saturated carbocycles. The summed E-state index contributed by atoms with van der Waals surface area (Å²) in [6.07, 6.45) is 3.58. The Hall–Kier alpha value is -1.02. The largest absolute Gasteiger partial charge is 0.356 e. The topological polar surface area (TPSA) is 65.5 Å². The maximum Gasteiger partial charge on any atom is 0.220 e. The lowest BCUT2D eigenvalue weighted by atomic mass is 10.2. The average molecular weight is 451 g/mol. The summed E-state index contributed by atoms with van der Waals surface area (Å²) in [5.41, 5.74) is 1.02. The first-order chi connectivity index (χ1) is 10.7. The first-order valence-corrected chi connectivity index (χ1v) is 8.04. The Morgan fingerprint density at radius 1 is 1.30 bits per heavy atom. The third-order valence-electron chi connectivity index (χ3n) is 3.44. The Kier molecular flexibility index (Phi) is 9.31. The van der Waals surface area contributed by atoms with Crippen molar-refractivity contribution in [2.24, 2.45) is 4.99 Å². The van der Waals surface area contributed by atoms with Gasteiger partial charge in [0.25, 0.3) is 0 Å². The predicted molar refractivity (Wildman–Crippen MR) is 105 cm³/mol. The number of halogens is 2. The van der Waals surface area contributed by atoms with Crippen LogP contribution in [0.4, 0.5) is 0 Å². The van der Waals surface area contributed by atoms with Crippen molar-refractivity contribution in [3.63, 3.8) is 0 Å². The van der Waals surface area contributed by atoms with Crippen LogP contribution < -0.4 is 16.0 Å². The van der Waals surface area contributed by atoms with Gasteiger partial charge in [0.2, 0.25) is 5.91 Å². The monoisotopic (exact) mass is 450 g/mol. The van der Waals surface area contributed by atoms with Crippen molar-refractivity contribution in [3.8, 4) is 0 Å². The van der Waals surface area contributed by atoms with E-state index in [0.717, 1.165) is 29.8 Å². The number of carbonyl (C=O) groups excluding carboxylic acids is 1. The predicted octanol–water partition coefficient (Wildman–Crippen LogP) is 2.68. The van der Waals surface area contributed by atoms with E-state index < -0.39 is 0 Å². The van der Waals surface area contributed by atoms with E-state index in [9.17, 15) is 4.79 Å². The maximum absolute atomic E-state index is 11.6. The Balaban J connectivity index is 0.00000264. The number of hydrogen-bond donors (Lipinski definition) is 3. The number of nitrogens with zero attached hydrogens (tertiary/aromatic N) is 1. The van der Waals surface area contributed by atoms with Crippen molar-refractivity contribution in [1.82, 2.24) is 16.0 Å². The third kappa shape index (κ3) is 7.87. The molecular weight excluding hydrogens is 427 g/mol. The summed E-state index contributed by atoms with van der Waals surface area (Å²) in [5, 5.41) is 10.1. The number of rotatable bonds is 7. The van der Waals surface area contributed by atoms with Crippen LogP contribution >= 0.6 is 35.6 Å². The van der Waals surface area contributed by atoms with Gasteiger partial charge >= 0.3 is 0 Å². The Bertz CT molecular complexity index is 535. The second-order valence-corrected chi connectivity index (χ2v) is 5.80. The zero-order chi connectivity index (χ0) is 15.8. The Morgan fingerprint density at radius 3 is 2.70 bits per heavy atom. The molecule has 0 aliphatic heterocycles. The average Bonchev–Trinajstić information content (AvgIpc) is 3.32. The lowest BCUT2D eigenvalue weighted by molar-refractivity contribution is -0.121. The molecule has 128 valence electrons. The fraction of sp³-hybridized carbons (Fsp3) is 0.500. The standard InChI is InChI=1S/C16H23ClN4O.HI/c1-18-16(20-11-12-5-2-3-6-14(12)17)19-10-4-7-15(22)21-13-8-9-13;/h2-3,5-6,13H,4,7-11H2,1H3,(H,21,22)(H2,18,19,20);1H. The first-order valence-electron chi connectivity index (χ1n) is 7.66. The molecule has 1 fully saturated rings. The van der Waals surface area contributed by atoms with Crippen molar-refractivity contribution in [2.75, 3.05) is 13.6 Å². The van der Waals surface area contributed by atoms with Gasteiger partial charge in [-0.3, -0.25) is 9.79 Å². The molecule has 0 spiro atoms. The molecule has 3 N–H and O–H groups in total. The molecule has 0 heterocycles. The van der Waals surface area contributed by atoms with Gasteiger partial charge in [-0.25, -0.2) is 0 Å². The summed E-state index contributed by atoms with van der Waals surface area (Å²) in [6, 6.07) is 8.15. The Labute approximate surface area is 159 Å². The molecule has 1 aromatic carbocycles. The van der Waals surface area contributed by atoms with Crippen molar-refractivity contribution in [1.29, 1.82) is 0 Å². The van der Waals surface area contributed by atoms with Crippen LogP contribution in [0.15, 0.2) is 29.3 Å². The minimum atomic E-state index is 0. The molecule has 2 rings (SSSR count). The second-order valence-electron chi connectivity index (χ2n) is 5.39. The molecule has 23 heavy (non-hydrogen) atoms. The van der Waals surface area contributed by atoms with E-state index >= 15 is 0 Å². The van der Waals surface area contributed by atoms with Crippen LogP contribution in [0.3, 0.4) is 0 Å². The molecule has 0 unspecified atom stereocenters. The van der Waals surface area contributed by atoms with Gasteiger partial charge in [0.15, 0.2) is 5.96 Å². The van der Waals surface area contributed by atoms with Crippen molar-refractivity contribution in [2.45, 2.75) is 38.3 Å². The number of carbonyl (C=O) groups is 1. The van der Waals surface area contributed by atoms with Crippen LogP contribution in [0.1, 0.15) is 31.2 Å². The molecular formula is C16H24ClIN4O. The highest BCUT2D eigenvalue weighted by Crippen LogP contribution is 2.18. The summed E-state index contributed by atoms with van der Waals surface area (Å²) in [7, 11) is 1.72. The zero-order valence-electron chi connectivity index (χ0n) is 13.3. The van der Waals surface area contributed by atoms with Crippen LogP contribution in [-0.2, 0) is 11.3 Å². The third-order valence-corrected chi connectivity index (χ3v) is 3.81. The van der Waals surface area contributed by atoms with Gasteiger partial charge in [0, 0.05) is 37.6 Å². The van der Waals surface area contributed by atoms with Crippen LogP contribution in [-0.4, -0.2) is 31.5 Å². The van der Waals surface area contributed by atoms with Gasteiger partial charge in [0.1, 0.15) is 0 Å². The number of nitrogens with one attached hydrogen (secondary N) is 3. The maximum atomic E-state index is 11.6. The Morgan fingerprint density at radius 2 is 2.04 bits per heavy atom. The summed E-state index contributed by atoms with van der Waals surface area (Å²) >= 11 is 6.11. The highest BCUT2D eigenvalue weighted by atomic mass is 127. The molecule has 1 amide bonds. The fourth-order valence-electron chi connectivity index (χ4n) is 2.02. The molecule has 1 aromatic rings. The number of hydrogen-bond acceptors (Lipinski definition) is 2. The fourth-order valence-corrected chi connectivity index (χ4v) is 2.23. The lowest BCUT2D eigenvalue weighted by Gasteiger charge is -2.12. The van der Waals surface area contributed by atoms with Crippen molar-refractivity contribution >= 4 is 47.4 Å². The molecule has 0 bridgehead atoms. The minimum Gasteiger partial charge on any atom is -0.356 e. The van der Waals surface area contributed by atoms with Gasteiger partial charge in [-0.1, -0.05) is 29.8 Å². The second kappa shape index (κ2) is 10.7. The van der Waals surface area contributed by atoms with Crippen molar-refractivity contribution < 1.29 is 4.79 Å². The summed E-state index contributed by atoms with van der Waals surface area (Å²) < 4.78 is 0. The number of aliphatic imine (C=N–C) groups is 1. The van der Waals surface area contributed by atoms with E-state index in [4.69, 9.17) is 11.6 Å². The van der Waals surface area contributed by atoms with E-state index in [1.165, 1.54) is 0 Å². The van der Waals surface area contributed by atoms with Crippen LogP contribution in [0, 0.1) is 0 Å². The lowest BCUT2D eigenvalue weighted by Crippen LogP contribution is -2.37. The van der Waals surface area contributed by atoms with E-state index in [1.54, 1.807) is 7.05 Å². The summed E-state index contributed by atoms with van der Waals surface area (Å²) in [4.78, 5) is 15.7. The SMILES string of the molecule is CN=C(NCCCC(=O)NC1CC1)NCc1ccccc1Cl.I. The van der Waals surface area contributed by atoms with Gasteiger partial charge < -0.3 is 16.0 Å². The smallest absolute Gasteiger partial charge is 0.220 e. The highest BCUT2D eigenvalue weighted by molar-refractivity contribution is 14.0. The molecule has 5 nitrogen and oxygen atoms in total. The van der Waals surface area contributed by atoms with E-state index in [-0.39, 0.29) is 29.9 Å².